The van der Waals surface area contributed by atoms with Crippen LogP contribution in [0.4, 0.5) is 0 Å². The molecule has 0 spiro atoms. The van der Waals surface area contributed by atoms with Crippen LogP contribution in [0.1, 0.15) is 18.4 Å². The second-order valence-electron chi connectivity index (χ2n) is 4.78. The fraction of sp³-hybridized carbons (Fsp3) is 0.538. The second-order valence-corrected chi connectivity index (χ2v) is 4.78. The van der Waals surface area contributed by atoms with Gasteiger partial charge in [-0.2, -0.15) is 0 Å². The van der Waals surface area contributed by atoms with E-state index in [2.05, 4.69) is 35.2 Å². The van der Waals surface area contributed by atoms with Crippen molar-refractivity contribution in [1.29, 1.82) is 0 Å². The van der Waals surface area contributed by atoms with E-state index >= 15 is 0 Å². The van der Waals surface area contributed by atoms with Crippen molar-refractivity contribution in [2.45, 2.75) is 19.4 Å². The lowest BCUT2D eigenvalue weighted by Gasteiger charge is -2.28. The highest BCUT2D eigenvalue weighted by molar-refractivity contribution is 5.14. The summed E-state index contributed by atoms with van der Waals surface area (Å²) in [6, 6.07) is 10.8. The fourth-order valence-corrected chi connectivity index (χ4v) is 2.83. The van der Waals surface area contributed by atoms with Gasteiger partial charge in [-0.1, -0.05) is 30.3 Å². The van der Waals surface area contributed by atoms with Crippen molar-refractivity contribution in [3.8, 4) is 0 Å². The number of hydrogen-bond donors (Lipinski definition) is 0. The monoisotopic (exact) mass is 187 g/mol. The third-order valence-corrected chi connectivity index (χ3v) is 3.81. The van der Waals surface area contributed by atoms with Gasteiger partial charge in [-0.05, 0) is 30.2 Å². The molecule has 2 atom stereocenters. The van der Waals surface area contributed by atoms with Crippen LogP contribution in [0.15, 0.2) is 30.3 Å². The molecule has 0 N–H and O–H groups in total. The van der Waals surface area contributed by atoms with Crippen molar-refractivity contribution >= 4 is 0 Å². The van der Waals surface area contributed by atoms with Crippen molar-refractivity contribution < 1.29 is 0 Å². The predicted molar refractivity (Wildman–Crippen MR) is 57.9 cm³/mol. The maximum Gasteiger partial charge on any atom is 0.0233 e. The molecule has 0 aromatic heterocycles. The molecule has 0 amide bonds. The standard InChI is InChI=1S/C13H17N/c1-2-4-11(5-3-1)8-14-9-12-6-7-13(12)10-14/h1-5,12-13H,6-10H2/t12-,13-/m0/s1. The van der Waals surface area contributed by atoms with E-state index in [1.54, 1.807) is 0 Å². The quantitative estimate of drug-likeness (QED) is 0.687. The van der Waals surface area contributed by atoms with Crippen LogP contribution in [-0.4, -0.2) is 18.0 Å². The first-order chi connectivity index (χ1) is 6.92. The zero-order chi connectivity index (χ0) is 9.38. The molecular formula is C13H17N. The molecular weight excluding hydrogens is 170 g/mol. The Hall–Kier alpha value is -0.820. The number of nitrogens with zero attached hydrogens (tertiary/aromatic N) is 1. The lowest BCUT2D eigenvalue weighted by atomic mass is 9.77. The summed E-state index contributed by atoms with van der Waals surface area (Å²) in [4.78, 5) is 2.62. The van der Waals surface area contributed by atoms with Crippen molar-refractivity contribution in [3.63, 3.8) is 0 Å². The van der Waals surface area contributed by atoms with Crippen molar-refractivity contribution in [3.05, 3.63) is 35.9 Å². The van der Waals surface area contributed by atoms with Gasteiger partial charge in [0, 0.05) is 19.6 Å². The molecule has 1 aliphatic carbocycles. The van der Waals surface area contributed by atoms with Gasteiger partial charge >= 0.3 is 0 Å². The Kier molecular flexibility index (Phi) is 2.06. The van der Waals surface area contributed by atoms with E-state index in [-0.39, 0.29) is 0 Å². The highest BCUT2D eigenvalue weighted by Crippen LogP contribution is 2.40. The first-order valence-electron chi connectivity index (χ1n) is 5.68. The van der Waals surface area contributed by atoms with E-state index in [9.17, 15) is 0 Å². The minimum absolute atomic E-state index is 1.04. The SMILES string of the molecule is c1ccc(CN2C[C@@H]3CC[C@H]3C2)cc1. The van der Waals surface area contributed by atoms with Gasteiger partial charge < -0.3 is 0 Å². The van der Waals surface area contributed by atoms with Gasteiger partial charge in [0.05, 0.1) is 0 Å². The third kappa shape index (κ3) is 1.46. The van der Waals surface area contributed by atoms with E-state index in [1.165, 1.54) is 31.5 Å². The average Bonchev–Trinajstić information content (AvgIpc) is 2.46. The molecule has 0 bridgehead atoms. The van der Waals surface area contributed by atoms with Crippen LogP contribution < -0.4 is 0 Å². The molecule has 0 radical (unpaired) electrons. The smallest absolute Gasteiger partial charge is 0.0233 e. The largest absolute Gasteiger partial charge is 0.299 e. The highest BCUT2D eigenvalue weighted by atomic mass is 15.2. The van der Waals surface area contributed by atoms with Crippen molar-refractivity contribution in [1.82, 2.24) is 4.90 Å². The van der Waals surface area contributed by atoms with Gasteiger partial charge in [-0.3, -0.25) is 4.90 Å². The first kappa shape index (κ1) is 8.49. The first-order valence-corrected chi connectivity index (χ1v) is 5.68. The molecule has 2 fully saturated rings. The average molecular weight is 187 g/mol. The van der Waals surface area contributed by atoms with Gasteiger partial charge in [-0.25, -0.2) is 0 Å². The topological polar surface area (TPSA) is 3.24 Å². The summed E-state index contributed by atoms with van der Waals surface area (Å²) in [6.45, 7) is 3.85. The third-order valence-electron chi connectivity index (χ3n) is 3.81. The Morgan fingerprint density at radius 1 is 1.00 bits per heavy atom. The molecule has 1 aliphatic heterocycles. The minimum Gasteiger partial charge on any atom is -0.299 e. The molecule has 1 heterocycles. The summed E-state index contributed by atoms with van der Waals surface area (Å²) in [5, 5.41) is 0. The lowest BCUT2D eigenvalue weighted by molar-refractivity contribution is 0.243. The highest BCUT2D eigenvalue weighted by Gasteiger charge is 2.38. The molecule has 0 unspecified atom stereocenters. The minimum atomic E-state index is 1.04. The Balaban J connectivity index is 1.63. The molecule has 3 rings (SSSR count). The van der Waals surface area contributed by atoms with Gasteiger partial charge in [-0.15, -0.1) is 0 Å². The summed E-state index contributed by atoms with van der Waals surface area (Å²) in [6.07, 6.45) is 2.96. The van der Waals surface area contributed by atoms with E-state index in [0.29, 0.717) is 0 Å². The maximum atomic E-state index is 2.62. The Labute approximate surface area is 85.7 Å². The van der Waals surface area contributed by atoms with E-state index in [4.69, 9.17) is 0 Å². The number of likely N-dealkylation sites (tertiary alicyclic amines) is 1. The zero-order valence-corrected chi connectivity index (χ0v) is 8.52. The molecule has 1 aromatic carbocycles. The summed E-state index contributed by atoms with van der Waals surface area (Å²) in [7, 11) is 0. The number of benzene rings is 1. The van der Waals surface area contributed by atoms with E-state index in [0.717, 1.165) is 18.4 Å². The second kappa shape index (κ2) is 3.39. The van der Waals surface area contributed by atoms with Gasteiger partial charge in [0.2, 0.25) is 0 Å². The van der Waals surface area contributed by atoms with Crippen LogP contribution in [0.25, 0.3) is 0 Å². The fourth-order valence-electron chi connectivity index (χ4n) is 2.83. The summed E-state index contributed by atoms with van der Waals surface area (Å²) in [5.41, 5.74) is 1.47. The molecule has 2 aliphatic rings. The van der Waals surface area contributed by atoms with Gasteiger partial charge in [0.15, 0.2) is 0 Å². The molecule has 1 saturated heterocycles. The Morgan fingerprint density at radius 3 is 2.21 bits per heavy atom. The molecule has 1 aromatic rings. The normalized spacial score (nSPS) is 31.1. The number of rotatable bonds is 2. The maximum absolute atomic E-state index is 2.62. The summed E-state index contributed by atoms with van der Waals surface area (Å²) >= 11 is 0. The van der Waals surface area contributed by atoms with E-state index < -0.39 is 0 Å². The van der Waals surface area contributed by atoms with Crippen LogP contribution in [-0.2, 0) is 6.54 Å². The predicted octanol–water partition coefficient (Wildman–Crippen LogP) is 2.53. The van der Waals surface area contributed by atoms with Crippen LogP contribution >= 0.6 is 0 Å². The molecule has 1 nitrogen and oxygen atoms in total. The van der Waals surface area contributed by atoms with Gasteiger partial charge in [0.25, 0.3) is 0 Å². The number of fused-ring (bicyclic) bond motifs is 1. The van der Waals surface area contributed by atoms with Crippen molar-refractivity contribution in [2.75, 3.05) is 13.1 Å². The molecule has 1 heteroatoms. The molecule has 14 heavy (non-hydrogen) atoms. The van der Waals surface area contributed by atoms with Crippen molar-refractivity contribution in [2.24, 2.45) is 11.8 Å². The van der Waals surface area contributed by atoms with Crippen LogP contribution in [0.2, 0.25) is 0 Å². The summed E-state index contributed by atoms with van der Waals surface area (Å²) < 4.78 is 0. The summed E-state index contributed by atoms with van der Waals surface area (Å²) in [5.74, 6) is 2.08. The van der Waals surface area contributed by atoms with Crippen LogP contribution in [0.3, 0.4) is 0 Å². The molecule has 1 saturated carbocycles. The van der Waals surface area contributed by atoms with Crippen LogP contribution in [0.5, 0.6) is 0 Å². The Morgan fingerprint density at radius 2 is 1.64 bits per heavy atom. The molecule has 74 valence electrons. The lowest BCUT2D eigenvalue weighted by Crippen LogP contribution is -2.22. The zero-order valence-electron chi connectivity index (χ0n) is 8.52. The Bertz CT molecular complexity index is 294. The number of hydrogen-bond acceptors (Lipinski definition) is 1. The van der Waals surface area contributed by atoms with Gasteiger partial charge in [0.1, 0.15) is 0 Å². The van der Waals surface area contributed by atoms with E-state index in [1.807, 2.05) is 0 Å². The van der Waals surface area contributed by atoms with Crippen LogP contribution in [0, 0.1) is 11.8 Å².